The van der Waals surface area contributed by atoms with E-state index in [1.54, 1.807) is 24.1 Å². The van der Waals surface area contributed by atoms with Crippen molar-refractivity contribution in [3.05, 3.63) is 88.9 Å². The Bertz CT molecular complexity index is 1300. The highest BCUT2D eigenvalue weighted by molar-refractivity contribution is 6.31. The van der Waals surface area contributed by atoms with Gasteiger partial charge < -0.3 is 20.3 Å². The molecule has 0 saturated heterocycles. The van der Waals surface area contributed by atoms with Crippen molar-refractivity contribution in [2.45, 2.75) is 6.92 Å². The van der Waals surface area contributed by atoms with Crippen molar-refractivity contribution in [2.24, 2.45) is 4.99 Å². The highest BCUT2D eigenvalue weighted by atomic mass is 35.5. The third-order valence-electron chi connectivity index (χ3n) is 5.40. The predicted octanol–water partition coefficient (Wildman–Crippen LogP) is 5.27. The van der Waals surface area contributed by atoms with Crippen LogP contribution in [0.1, 0.15) is 18.1 Å². The van der Waals surface area contributed by atoms with Crippen LogP contribution in [0.25, 0.3) is 10.9 Å². The van der Waals surface area contributed by atoms with E-state index in [1.165, 1.54) is 0 Å². The second-order valence-electron chi connectivity index (χ2n) is 7.61. The van der Waals surface area contributed by atoms with E-state index in [0.29, 0.717) is 22.0 Å². The maximum Gasteiger partial charge on any atom is 0.240 e. The fraction of sp³-hybridized carbons (Fsp3) is 0.154. The van der Waals surface area contributed by atoms with Gasteiger partial charge in [0, 0.05) is 28.7 Å². The van der Waals surface area contributed by atoms with Crippen LogP contribution in [-0.4, -0.2) is 41.8 Å². The first-order valence-electron chi connectivity index (χ1n) is 10.7. The van der Waals surface area contributed by atoms with Crippen molar-refractivity contribution in [1.82, 2.24) is 10.3 Å². The van der Waals surface area contributed by atoms with Gasteiger partial charge in [-0.3, -0.25) is 4.79 Å². The summed E-state index contributed by atoms with van der Waals surface area (Å²) in [5.74, 6) is 0.0145. The van der Waals surface area contributed by atoms with Gasteiger partial charge in [-0.05, 0) is 42.9 Å². The molecule has 1 aromatic heterocycles. The largest absolute Gasteiger partial charge is 0.494 e. The monoisotopic (exact) mass is 460 g/mol. The fourth-order valence-corrected chi connectivity index (χ4v) is 3.80. The number of fused-ring (bicyclic) bond motifs is 1. The Kier molecular flexibility index (Phi) is 6.77. The lowest BCUT2D eigenvalue weighted by Gasteiger charge is -2.17. The van der Waals surface area contributed by atoms with E-state index >= 15 is 0 Å². The molecule has 1 amide bonds. The number of aromatic amines is 1. The van der Waals surface area contributed by atoms with Crippen molar-refractivity contribution in [3.8, 4) is 5.88 Å². The molecule has 3 N–H and O–H groups in total. The number of carbonyl (C=O) groups excluding carboxylic acids is 1. The topological polar surface area (TPSA) is 80.7 Å². The smallest absolute Gasteiger partial charge is 0.240 e. The lowest BCUT2D eigenvalue weighted by atomic mass is 10.0. The number of aromatic nitrogens is 1. The summed E-state index contributed by atoms with van der Waals surface area (Å²) in [6.45, 7) is 2.99. The lowest BCUT2D eigenvalue weighted by Crippen LogP contribution is -2.35. The van der Waals surface area contributed by atoms with Crippen LogP contribution in [0, 0.1) is 0 Å². The number of rotatable bonds is 7. The van der Waals surface area contributed by atoms with Crippen LogP contribution in [0.3, 0.4) is 0 Å². The molecule has 168 valence electrons. The van der Waals surface area contributed by atoms with Crippen LogP contribution in [0.2, 0.25) is 5.02 Å². The minimum atomic E-state index is -0.0135. The minimum absolute atomic E-state index is 0.0135. The molecule has 0 bridgehead atoms. The Morgan fingerprint density at radius 2 is 1.82 bits per heavy atom. The van der Waals surface area contributed by atoms with Gasteiger partial charge in [0.25, 0.3) is 0 Å². The van der Waals surface area contributed by atoms with E-state index in [1.807, 2.05) is 67.6 Å². The molecule has 4 aromatic rings. The Morgan fingerprint density at radius 3 is 2.52 bits per heavy atom. The molecule has 0 saturated carbocycles. The zero-order valence-electron chi connectivity index (χ0n) is 18.5. The van der Waals surface area contributed by atoms with Gasteiger partial charge in [-0.2, -0.15) is 0 Å². The van der Waals surface area contributed by atoms with Crippen LogP contribution in [0.5, 0.6) is 5.88 Å². The van der Waals surface area contributed by atoms with E-state index in [-0.39, 0.29) is 18.3 Å². The number of nitrogens with zero attached hydrogens (tertiary/aromatic N) is 2. The van der Waals surface area contributed by atoms with Crippen molar-refractivity contribution >= 4 is 45.5 Å². The molecule has 1 heterocycles. The van der Waals surface area contributed by atoms with Crippen LogP contribution in [0.4, 0.5) is 11.4 Å². The number of halogens is 1. The first-order chi connectivity index (χ1) is 16.0. The molecule has 3 aromatic carbocycles. The predicted molar refractivity (Wildman–Crippen MR) is 135 cm³/mol. The maximum absolute atomic E-state index is 12.3. The van der Waals surface area contributed by atoms with Gasteiger partial charge in [0.2, 0.25) is 5.91 Å². The molecule has 0 fully saturated rings. The van der Waals surface area contributed by atoms with Gasteiger partial charge >= 0.3 is 0 Å². The number of hydrogen-bond acceptors (Lipinski definition) is 4. The highest BCUT2D eigenvalue weighted by Gasteiger charge is 2.19. The first-order valence-corrected chi connectivity index (χ1v) is 11.1. The second kappa shape index (κ2) is 9.90. The summed E-state index contributed by atoms with van der Waals surface area (Å²) in [5.41, 5.74) is 4.32. The number of aromatic hydroxyl groups is 1. The number of aliphatic imine (C=N–C) groups is 1. The van der Waals surface area contributed by atoms with Gasteiger partial charge in [-0.25, -0.2) is 4.99 Å². The van der Waals surface area contributed by atoms with Crippen LogP contribution >= 0.6 is 11.6 Å². The van der Waals surface area contributed by atoms with E-state index < -0.39 is 0 Å². The second-order valence-corrected chi connectivity index (χ2v) is 8.05. The van der Waals surface area contributed by atoms with E-state index in [4.69, 9.17) is 16.6 Å². The van der Waals surface area contributed by atoms with Gasteiger partial charge in [-0.15, -0.1) is 0 Å². The Balaban J connectivity index is 1.75. The lowest BCUT2D eigenvalue weighted by molar-refractivity contribution is -0.117. The average Bonchev–Trinajstić information content (AvgIpc) is 3.15. The van der Waals surface area contributed by atoms with Crippen molar-refractivity contribution in [1.29, 1.82) is 0 Å². The summed E-state index contributed by atoms with van der Waals surface area (Å²) in [6.07, 6.45) is 0. The zero-order valence-corrected chi connectivity index (χ0v) is 19.2. The molecule has 4 rings (SSSR count). The van der Waals surface area contributed by atoms with E-state index in [0.717, 1.165) is 28.7 Å². The first kappa shape index (κ1) is 22.6. The number of anilines is 1. The van der Waals surface area contributed by atoms with E-state index in [9.17, 15) is 9.90 Å². The van der Waals surface area contributed by atoms with Gasteiger partial charge in [0.05, 0.1) is 29.0 Å². The molecular formula is C26H25ClN4O2. The molecular weight excluding hydrogens is 436 g/mol. The normalized spacial score (nSPS) is 11.7. The highest BCUT2D eigenvalue weighted by Crippen LogP contribution is 2.33. The van der Waals surface area contributed by atoms with Gasteiger partial charge in [0.15, 0.2) is 5.88 Å². The summed E-state index contributed by atoms with van der Waals surface area (Å²) in [7, 11) is 1.75. The summed E-state index contributed by atoms with van der Waals surface area (Å²) in [6, 6.07) is 22.6. The summed E-state index contributed by atoms with van der Waals surface area (Å²) in [4.78, 5) is 21.8. The summed E-state index contributed by atoms with van der Waals surface area (Å²) >= 11 is 6.13. The molecule has 0 aliphatic rings. The SMILES string of the molecule is CCNCC(=O)N(C)c1ccc(N=C(c2ccccc2)c2c(O)[nH]c3cc(Cl)ccc23)cc1. The number of likely N-dealkylation sites (N-methyl/N-ethyl adjacent to an activating group) is 2. The van der Waals surface area contributed by atoms with Crippen LogP contribution in [-0.2, 0) is 4.79 Å². The van der Waals surface area contributed by atoms with Crippen molar-refractivity contribution < 1.29 is 9.90 Å². The van der Waals surface area contributed by atoms with E-state index in [2.05, 4.69) is 10.3 Å². The number of benzene rings is 3. The number of H-pyrrole nitrogens is 1. The molecule has 33 heavy (non-hydrogen) atoms. The standard InChI is InChI=1S/C26H25ClN4O2/c1-3-28-16-23(32)31(2)20-12-10-19(11-13-20)29-25(17-7-5-4-6-8-17)24-21-14-9-18(27)15-22(21)30-26(24)33/h4-15,28,30,33H,3,16H2,1-2H3. The third kappa shape index (κ3) is 4.92. The summed E-state index contributed by atoms with van der Waals surface area (Å²) < 4.78 is 0. The number of carbonyl (C=O) groups is 1. The molecule has 7 heteroatoms. The van der Waals surface area contributed by atoms with Gasteiger partial charge in [0.1, 0.15) is 0 Å². The quantitative estimate of drug-likeness (QED) is 0.329. The number of amides is 1. The fourth-order valence-electron chi connectivity index (χ4n) is 3.63. The molecule has 0 aliphatic carbocycles. The van der Waals surface area contributed by atoms with Crippen LogP contribution < -0.4 is 10.2 Å². The third-order valence-corrected chi connectivity index (χ3v) is 5.64. The summed E-state index contributed by atoms with van der Waals surface area (Å²) in [5, 5.41) is 15.2. The Morgan fingerprint density at radius 1 is 1.09 bits per heavy atom. The molecule has 0 unspecified atom stereocenters. The van der Waals surface area contributed by atoms with Crippen molar-refractivity contribution in [3.63, 3.8) is 0 Å². The molecule has 0 atom stereocenters. The minimum Gasteiger partial charge on any atom is -0.494 e. The van der Waals surface area contributed by atoms with Gasteiger partial charge in [-0.1, -0.05) is 54.9 Å². The molecule has 0 aliphatic heterocycles. The average molecular weight is 461 g/mol. The number of hydrogen-bond donors (Lipinski definition) is 3. The Hall–Kier alpha value is -3.61. The number of nitrogens with one attached hydrogen (secondary N) is 2. The zero-order chi connectivity index (χ0) is 23.4. The van der Waals surface area contributed by atoms with Crippen LogP contribution in [0.15, 0.2) is 77.8 Å². The molecule has 0 radical (unpaired) electrons. The molecule has 6 nitrogen and oxygen atoms in total. The van der Waals surface area contributed by atoms with Crippen molar-refractivity contribution in [2.75, 3.05) is 25.0 Å². The Labute approximate surface area is 197 Å². The maximum atomic E-state index is 12.3. The molecule has 0 spiro atoms.